The van der Waals surface area contributed by atoms with Crippen molar-refractivity contribution in [3.05, 3.63) is 100 Å². The van der Waals surface area contributed by atoms with Gasteiger partial charge < -0.3 is 4.74 Å². The molecule has 0 unspecified atom stereocenters. The molecule has 0 aromatic heterocycles. The van der Waals surface area contributed by atoms with E-state index in [0.29, 0.717) is 22.6 Å². The van der Waals surface area contributed by atoms with Gasteiger partial charge in [0.2, 0.25) is 0 Å². The molecule has 0 bridgehead atoms. The quantitative estimate of drug-likeness (QED) is 0.330. The average Bonchev–Trinajstić information content (AvgIpc) is 2.77. The van der Waals surface area contributed by atoms with E-state index >= 15 is 0 Å². The van der Waals surface area contributed by atoms with E-state index in [0.717, 1.165) is 0 Å². The molecule has 2 amide bonds. The Morgan fingerprint density at radius 3 is 2.53 bits per heavy atom. The number of carbonyl (C=O) groups excluding carboxylic acids is 2. The van der Waals surface area contributed by atoms with Gasteiger partial charge in [-0.3, -0.25) is 19.8 Å². The molecule has 0 saturated carbocycles. The number of nitrogens with zero attached hydrogens (tertiary/aromatic N) is 1. The van der Waals surface area contributed by atoms with E-state index in [1.165, 1.54) is 23.1 Å². The van der Waals surface area contributed by atoms with Gasteiger partial charge in [-0.05, 0) is 65.8 Å². The highest BCUT2D eigenvalue weighted by atomic mass is 35.5. The summed E-state index contributed by atoms with van der Waals surface area (Å²) in [5, 5.41) is 2.84. The van der Waals surface area contributed by atoms with Crippen molar-refractivity contribution in [1.29, 1.82) is 0 Å². The summed E-state index contributed by atoms with van der Waals surface area (Å²) in [6, 6.07) is 19.7. The molecular weight excluding hydrogens is 451 g/mol. The molecule has 3 aromatic carbocycles. The number of rotatable bonds is 5. The number of ether oxygens (including phenoxy) is 1. The first-order valence-corrected chi connectivity index (χ1v) is 10.3. The molecule has 5 nitrogen and oxygen atoms in total. The number of benzene rings is 3. The first kappa shape index (κ1) is 21.7. The van der Waals surface area contributed by atoms with E-state index in [1.54, 1.807) is 54.6 Å². The van der Waals surface area contributed by atoms with Gasteiger partial charge in [-0.25, -0.2) is 4.39 Å². The van der Waals surface area contributed by atoms with Crippen molar-refractivity contribution in [2.75, 3.05) is 4.90 Å². The van der Waals surface area contributed by atoms with Crippen LogP contribution in [0.5, 0.6) is 5.75 Å². The summed E-state index contributed by atoms with van der Waals surface area (Å²) in [4.78, 5) is 26.7. The van der Waals surface area contributed by atoms with E-state index < -0.39 is 11.8 Å². The van der Waals surface area contributed by atoms with Crippen molar-refractivity contribution >= 4 is 52.5 Å². The lowest BCUT2D eigenvalue weighted by Crippen LogP contribution is -2.54. The van der Waals surface area contributed by atoms with Crippen molar-refractivity contribution < 1.29 is 18.7 Å². The predicted molar refractivity (Wildman–Crippen MR) is 125 cm³/mol. The van der Waals surface area contributed by atoms with Crippen LogP contribution >= 0.6 is 23.8 Å². The van der Waals surface area contributed by atoms with Crippen LogP contribution in [0, 0.1) is 5.82 Å². The Balaban J connectivity index is 1.56. The maximum atomic E-state index is 13.3. The highest BCUT2D eigenvalue weighted by molar-refractivity contribution is 7.80. The lowest BCUT2D eigenvalue weighted by Gasteiger charge is -2.28. The summed E-state index contributed by atoms with van der Waals surface area (Å²) < 4.78 is 19.0. The van der Waals surface area contributed by atoms with E-state index in [4.69, 9.17) is 28.6 Å². The van der Waals surface area contributed by atoms with Gasteiger partial charge in [0.15, 0.2) is 5.11 Å². The molecule has 8 heteroatoms. The van der Waals surface area contributed by atoms with Gasteiger partial charge in [0, 0.05) is 0 Å². The average molecular weight is 467 g/mol. The summed E-state index contributed by atoms with van der Waals surface area (Å²) >= 11 is 11.5. The molecule has 160 valence electrons. The van der Waals surface area contributed by atoms with Crippen LogP contribution in [0.15, 0.2) is 78.4 Å². The van der Waals surface area contributed by atoms with Gasteiger partial charge in [-0.2, -0.15) is 0 Å². The maximum Gasteiger partial charge on any atom is 0.270 e. The van der Waals surface area contributed by atoms with Gasteiger partial charge in [-0.15, -0.1) is 0 Å². The lowest BCUT2D eigenvalue weighted by atomic mass is 10.1. The van der Waals surface area contributed by atoms with Crippen LogP contribution in [0.2, 0.25) is 5.02 Å². The molecule has 1 aliphatic heterocycles. The van der Waals surface area contributed by atoms with Crippen LogP contribution in [-0.2, 0) is 16.2 Å². The van der Waals surface area contributed by atoms with Gasteiger partial charge in [0.05, 0.1) is 10.7 Å². The van der Waals surface area contributed by atoms with Gasteiger partial charge in [-0.1, -0.05) is 48.0 Å². The molecule has 0 aliphatic carbocycles. The van der Waals surface area contributed by atoms with E-state index in [2.05, 4.69) is 5.32 Å². The Morgan fingerprint density at radius 2 is 1.81 bits per heavy atom. The van der Waals surface area contributed by atoms with Crippen molar-refractivity contribution in [3.8, 4) is 5.75 Å². The molecule has 1 fully saturated rings. The number of para-hydroxylation sites is 1. The topological polar surface area (TPSA) is 58.6 Å². The number of halogens is 2. The molecule has 4 rings (SSSR count). The molecule has 0 spiro atoms. The third-order valence-electron chi connectivity index (χ3n) is 4.67. The standard InChI is InChI=1S/C24H16ClFN2O3S/c25-20-13-15(9-10-21(20)31-14-16-5-4-6-17(26)11-16)12-19-22(29)27-24(32)28(23(19)30)18-7-2-1-3-8-18/h1-13H,14H2,(H,27,29,32)/b19-12-. The molecule has 1 aliphatic rings. The highest BCUT2D eigenvalue weighted by Crippen LogP contribution is 2.28. The minimum Gasteiger partial charge on any atom is -0.487 e. The first-order chi connectivity index (χ1) is 15.4. The van der Waals surface area contributed by atoms with Crippen LogP contribution in [0.4, 0.5) is 10.1 Å². The largest absolute Gasteiger partial charge is 0.487 e. The van der Waals surface area contributed by atoms with Crippen LogP contribution in [0.25, 0.3) is 6.08 Å². The highest BCUT2D eigenvalue weighted by Gasteiger charge is 2.34. The molecule has 3 aromatic rings. The molecule has 0 radical (unpaired) electrons. The lowest BCUT2D eigenvalue weighted by molar-refractivity contribution is -0.122. The third kappa shape index (κ3) is 4.69. The van der Waals surface area contributed by atoms with Gasteiger partial charge in [0.1, 0.15) is 23.7 Å². The van der Waals surface area contributed by atoms with Crippen LogP contribution in [0.3, 0.4) is 0 Å². The Labute approximate surface area is 194 Å². The second-order valence-corrected chi connectivity index (χ2v) is 7.70. The van der Waals surface area contributed by atoms with E-state index in [1.807, 2.05) is 6.07 Å². The van der Waals surface area contributed by atoms with Crippen molar-refractivity contribution in [2.24, 2.45) is 0 Å². The zero-order chi connectivity index (χ0) is 22.7. The summed E-state index contributed by atoms with van der Waals surface area (Å²) in [5.74, 6) is -1.08. The number of anilines is 1. The summed E-state index contributed by atoms with van der Waals surface area (Å²) in [6.45, 7) is 0.141. The minimum atomic E-state index is -0.588. The molecule has 1 saturated heterocycles. The fraction of sp³-hybridized carbons (Fsp3) is 0.0417. The SMILES string of the molecule is O=C1NC(=S)N(c2ccccc2)C(=O)/C1=C\c1ccc(OCc2cccc(F)c2)c(Cl)c1. The van der Waals surface area contributed by atoms with Crippen LogP contribution < -0.4 is 15.0 Å². The van der Waals surface area contributed by atoms with Gasteiger partial charge >= 0.3 is 0 Å². The smallest absolute Gasteiger partial charge is 0.270 e. The van der Waals surface area contributed by atoms with Crippen molar-refractivity contribution in [1.82, 2.24) is 5.32 Å². The summed E-state index contributed by atoms with van der Waals surface area (Å²) in [7, 11) is 0. The molecule has 0 atom stereocenters. The number of nitrogens with one attached hydrogen (secondary N) is 1. The van der Waals surface area contributed by atoms with Crippen LogP contribution in [0.1, 0.15) is 11.1 Å². The summed E-state index contributed by atoms with van der Waals surface area (Å²) in [6.07, 6.45) is 1.44. The Bertz CT molecular complexity index is 1250. The number of hydrogen-bond acceptors (Lipinski definition) is 4. The van der Waals surface area contributed by atoms with Crippen molar-refractivity contribution in [2.45, 2.75) is 6.61 Å². The van der Waals surface area contributed by atoms with Crippen LogP contribution in [-0.4, -0.2) is 16.9 Å². The Morgan fingerprint density at radius 1 is 1.03 bits per heavy atom. The predicted octanol–water partition coefficient (Wildman–Crippen LogP) is 4.89. The second-order valence-electron chi connectivity index (χ2n) is 6.90. The number of hydrogen-bond donors (Lipinski definition) is 1. The minimum absolute atomic E-state index is 0.0162. The first-order valence-electron chi connectivity index (χ1n) is 9.55. The summed E-state index contributed by atoms with van der Waals surface area (Å²) in [5.41, 5.74) is 1.67. The number of amides is 2. The molecule has 1 N–H and O–H groups in total. The molecular formula is C24H16ClFN2O3S. The van der Waals surface area contributed by atoms with E-state index in [9.17, 15) is 14.0 Å². The monoisotopic (exact) mass is 466 g/mol. The molecule has 1 heterocycles. The maximum absolute atomic E-state index is 13.3. The Kier molecular flexibility index (Phi) is 6.30. The zero-order valence-electron chi connectivity index (χ0n) is 16.5. The number of thiocarbonyl (C=S) groups is 1. The fourth-order valence-corrected chi connectivity index (χ4v) is 3.67. The van der Waals surface area contributed by atoms with Crippen molar-refractivity contribution in [3.63, 3.8) is 0 Å². The number of carbonyl (C=O) groups is 2. The fourth-order valence-electron chi connectivity index (χ4n) is 3.15. The second kappa shape index (κ2) is 9.30. The van der Waals surface area contributed by atoms with Gasteiger partial charge in [0.25, 0.3) is 11.8 Å². The normalized spacial score (nSPS) is 15.1. The Hall–Kier alpha value is -3.55. The zero-order valence-corrected chi connectivity index (χ0v) is 18.1. The third-order valence-corrected chi connectivity index (χ3v) is 5.25. The van der Waals surface area contributed by atoms with E-state index in [-0.39, 0.29) is 28.1 Å². The molecule has 32 heavy (non-hydrogen) atoms.